The second kappa shape index (κ2) is 8.90. The van der Waals surface area contributed by atoms with Crippen LogP contribution in [-0.2, 0) is 0 Å². The van der Waals surface area contributed by atoms with Gasteiger partial charge in [0.15, 0.2) is 11.6 Å². The van der Waals surface area contributed by atoms with Gasteiger partial charge >= 0.3 is 6.09 Å². The van der Waals surface area contributed by atoms with Gasteiger partial charge < -0.3 is 24.7 Å². The number of hydrogen-bond acceptors (Lipinski definition) is 4. The first-order chi connectivity index (χ1) is 14.9. The minimum absolute atomic E-state index is 0.00937. The fraction of sp³-hybridized carbons (Fsp3) is 0.435. The van der Waals surface area contributed by atoms with Crippen LogP contribution < -0.4 is 9.64 Å². The van der Waals surface area contributed by atoms with E-state index in [4.69, 9.17) is 4.74 Å². The van der Waals surface area contributed by atoms with Gasteiger partial charge in [0.25, 0.3) is 0 Å². The van der Waals surface area contributed by atoms with Gasteiger partial charge in [0.1, 0.15) is 17.3 Å². The SMILES string of the molecule is CC(C)(C)N(CC1(O)CCN(c2cc(Oc3cccc(F)c3)cc(F)c2F)CC1)C(=O)O. The normalized spacial score (nSPS) is 16.0. The summed E-state index contributed by atoms with van der Waals surface area (Å²) in [5.41, 5.74) is -2.02. The number of rotatable bonds is 5. The van der Waals surface area contributed by atoms with Crippen molar-refractivity contribution < 1.29 is 32.9 Å². The molecule has 2 N–H and O–H groups in total. The Balaban J connectivity index is 1.76. The number of piperidine rings is 1. The maximum atomic E-state index is 14.6. The molecule has 9 heteroatoms. The van der Waals surface area contributed by atoms with Crippen molar-refractivity contribution in [2.24, 2.45) is 0 Å². The van der Waals surface area contributed by atoms with E-state index in [0.717, 1.165) is 12.1 Å². The van der Waals surface area contributed by atoms with Crippen LogP contribution in [0.25, 0.3) is 0 Å². The monoisotopic (exact) mass is 452 g/mol. The molecule has 0 atom stereocenters. The Hall–Kier alpha value is -2.94. The molecule has 6 nitrogen and oxygen atoms in total. The number of amides is 1. The number of ether oxygens (including phenoxy) is 1. The van der Waals surface area contributed by atoms with Gasteiger partial charge in [-0.15, -0.1) is 0 Å². The van der Waals surface area contributed by atoms with E-state index in [9.17, 15) is 28.2 Å². The second-order valence-corrected chi connectivity index (χ2v) is 9.05. The molecule has 1 heterocycles. The number of nitrogens with zero attached hydrogens (tertiary/aromatic N) is 2. The first-order valence-electron chi connectivity index (χ1n) is 10.3. The van der Waals surface area contributed by atoms with Crippen LogP contribution in [0.1, 0.15) is 33.6 Å². The van der Waals surface area contributed by atoms with E-state index in [1.54, 1.807) is 25.7 Å². The molecule has 3 rings (SSSR count). The van der Waals surface area contributed by atoms with Crippen molar-refractivity contribution in [1.29, 1.82) is 0 Å². The summed E-state index contributed by atoms with van der Waals surface area (Å²) in [6.45, 7) is 5.51. The van der Waals surface area contributed by atoms with Gasteiger partial charge in [0, 0.05) is 36.8 Å². The molecular weight excluding hydrogens is 425 g/mol. The molecule has 0 aromatic heterocycles. The van der Waals surface area contributed by atoms with Crippen molar-refractivity contribution >= 4 is 11.8 Å². The van der Waals surface area contributed by atoms with Gasteiger partial charge in [-0.2, -0.15) is 0 Å². The molecule has 174 valence electrons. The molecule has 1 aliphatic rings. The fourth-order valence-corrected chi connectivity index (χ4v) is 3.71. The largest absolute Gasteiger partial charge is 0.465 e. The van der Waals surface area contributed by atoms with Crippen molar-refractivity contribution in [1.82, 2.24) is 4.90 Å². The van der Waals surface area contributed by atoms with Crippen molar-refractivity contribution in [3.05, 3.63) is 53.8 Å². The van der Waals surface area contributed by atoms with Crippen molar-refractivity contribution in [3.63, 3.8) is 0 Å². The molecule has 32 heavy (non-hydrogen) atoms. The number of β-amino-alcohol motifs (C(OH)–C–C–N with tert-alkyl or cyclic N) is 1. The summed E-state index contributed by atoms with van der Waals surface area (Å²) in [4.78, 5) is 14.4. The van der Waals surface area contributed by atoms with Crippen LogP contribution in [0.2, 0.25) is 0 Å². The molecule has 1 amide bonds. The van der Waals surface area contributed by atoms with Crippen LogP contribution in [0, 0.1) is 17.5 Å². The third-order valence-corrected chi connectivity index (χ3v) is 5.54. The predicted molar refractivity (Wildman–Crippen MR) is 114 cm³/mol. The summed E-state index contributed by atoms with van der Waals surface area (Å²) in [7, 11) is 0. The Labute approximate surface area is 184 Å². The Morgan fingerprint density at radius 1 is 1.12 bits per heavy atom. The molecule has 2 aromatic rings. The van der Waals surface area contributed by atoms with E-state index in [2.05, 4.69) is 0 Å². The lowest BCUT2D eigenvalue weighted by atomic mass is 9.89. The summed E-state index contributed by atoms with van der Waals surface area (Å²) in [5.74, 6) is -2.53. The molecule has 1 saturated heterocycles. The third-order valence-electron chi connectivity index (χ3n) is 5.54. The highest BCUT2D eigenvalue weighted by atomic mass is 19.2. The zero-order valence-corrected chi connectivity index (χ0v) is 18.2. The highest BCUT2D eigenvalue weighted by molar-refractivity contribution is 5.66. The van der Waals surface area contributed by atoms with Crippen LogP contribution in [0.5, 0.6) is 11.5 Å². The highest BCUT2D eigenvalue weighted by Gasteiger charge is 2.39. The zero-order chi connectivity index (χ0) is 23.7. The maximum absolute atomic E-state index is 14.6. The summed E-state index contributed by atoms with van der Waals surface area (Å²) in [6, 6.07) is 7.52. The lowest BCUT2D eigenvalue weighted by molar-refractivity contribution is -0.0313. The van der Waals surface area contributed by atoms with E-state index >= 15 is 0 Å². The Morgan fingerprint density at radius 2 is 1.78 bits per heavy atom. The molecule has 0 aliphatic carbocycles. The minimum Gasteiger partial charge on any atom is -0.465 e. The van der Waals surface area contributed by atoms with Gasteiger partial charge in [0.05, 0.1) is 17.8 Å². The Kier molecular flexibility index (Phi) is 6.59. The average molecular weight is 452 g/mol. The van der Waals surface area contributed by atoms with Gasteiger partial charge in [0.2, 0.25) is 0 Å². The molecule has 0 saturated carbocycles. The molecule has 0 bridgehead atoms. The number of carbonyl (C=O) groups is 1. The van der Waals surface area contributed by atoms with E-state index in [0.29, 0.717) is 0 Å². The highest BCUT2D eigenvalue weighted by Crippen LogP contribution is 2.34. The van der Waals surface area contributed by atoms with Crippen LogP contribution in [0.15, 0.2) is 36.4 Å². The maximum Gasteiger partial charge on any atom is 0.407 e. The summed E-state index contributed by atoms with van der Waals surface area (Å²) >= 11 is 0. The van der Waals surface area contributed by atoms with Crippen molar-refractivity contribution in [3.8, 4) is 11.5 Å². The topological polar surface area (TPSA) is 73.2 Å². The van der Waals surface area contributed by atoms with Crippen LogP contribution in [0.3, 0.4) is 0 Å². The van der Waals surface area contributed by atoms with E-state index in [1.165, 1.54) is 29.2 Å². The Morgan fingerprint density at radius 3 is 2.34 bits per heavy atom. The second-order valence-electron chi connectivity index (χ2n) is 9.05. The lowest BCUT2D eigenvalue weighted by Crippen LogP contribution is -2.56. The number of aliphatic hydroxyl groups is 1. The summed E-state index contributed by atoms with van der Waals surface area (Å²) in [5, 5.41) is 20.5. The molecule has 2 aromatic carbocycles. The van der Waals surface area contributed by atoms with Crippen LogP contribution in [-0.4, -0.2) is 52.0 Å². The van der Waals surface area contributed by atoms with Crippen LogP contribution in [0.4, 0.5) is 23.7 Å². The number of anilines is 1. The third kappa shape index (κ3) is 5.45. The quantitative estimate of drug-likeness (QED) is 0.668. The number of benzene rings is 2. The Bertz CT molecular complexity index is 986. The number of carboxylic acid groups (broad SMARTS) is 1. The fourth-order valence-electron chi connectivity index (χ4n) is 3.71. The van der Waals surface area contributed by atoms with Crippen LogP contribution >= 0.6 is 0 Å². The van der Waals surface area contributed by atoms with Gasteiger partial charge in [-0.3, -0.25) is 0 Å². The van der Waals surface area contributed by atoms with Crippen molar-refractivity contribution in [2.75, 3.05) is 24.5 Å². The predicted octanol–water partition coefficient (Wildman–Crippen LogP) is 5.01. The molecule has 0 radical (unpaired) electrons. The van der Waals surface area contributed by atoms with E-state index in [-0.39, 0.29) is 49.7 Å². The lowest BCUT2D eigenvalue weighted by Gasteiger charge is -2.44. The first-order valence-corrected chi connectivity index (χ1v) is 10.3. The number of hydrogen-bond donors (Lipinski definition) is 2. The van der Waals surface area contributed by atoms with Gasteiger partial charge in [-0.05, 0) is 45.7 Å². The van der Waals surface area contributed by atoms with Gasteiger partial charge in [-0.1, -0.05) is 6.07 Å². The summed E-state index contributed by atoms with van der Waals surface area (Å²) < 4.78 is 47.7. The number of halogens is 3. The standard InChI is InChI=1S/C23H27F3N2O4/c1-22(2,3)28(21(29)30)14-23(31)7-9-27(10-8-23)19-13-17(12-18(25)20(19)26)32-16-6-4-5-15(24)11-16/h4-6,11-13,31H,7-10,14H2,1-3H3,(H,29,30). The molecular formula is C23H27F3N2O4. The van der Waals surface area contributed by atoms with E-state index < -0.39 is 34.7 Å². The summed E-state index contributed by atoms with van der Waals surface area (Å²) in [6.07, 6.45) is -0.796. The van der Waals surface area contributed by atoms with E-state index in [1.807, 2.05) is 0 Å². The minimum atomic E-state index is -1.28. The molecule has 0 unspecified atom stereocenters. The molecule has 1 fully saturated rings. The molecule has 1 aliphatic heterocycles. The first kappa shape index (κ1) is 23.7. The van der Waals surface area contributed by atoms with Crippen molar-refractivity contribution in [2.45, 2.75) is 44.8 Å². The average Bonchev–Trinajstić information content (AvgIpc) is 2.69. The smallest absolute Gasteiger partial charge is 0.407 e. The van der Waals surface area contributed by atoms with Gasteiger partial charge in [-0.25, -0.2) is 18.0 Å². The zero-order valence-electron chi connectivity index (χ0n) is 18.2. The molecule has 0 spiro atoms.